The van der Waals surface area contributed by atoms with Gasteiger partial charge in [-0.1, -0.05) is 29.8 Å². The number of benzene rings is 2. The molecule has 0 aliphatic heterocycles. The van der Waals surface area contributed by atoms with Gasteiger partial charge in [-0.15, -0.1) is 11.8 Å². The average molecular weight is 712 g/mol. The highest BCUT2D eigenvalue weighted by molar-refractivity contribution is 7.99. The topological polar surface area (TPSA) is 156 Å². The summed E-state index contributed by atoms with van der Waals surface area (Å²) in [5.74, 6) is 1.49. The number of likely N-dealkylation sites (N-methyl/N-ethyl adjacent to an activating group) is 1. The second kappa shape index (κ2) is 15.2. The van der Waals surface area contributed by atoms with Crippen molar-refractivity contribution >= 4 is 29.3 Å². The van der Waals surface area contributed by atoms with Crippen molar-refractivity contribution in [3.8, 4) is 16.9 Å². The average Bonchev–Trinajstić information content (AvgIpc) is 3.99. The molecular weight excluding hydrogens is 666 g/mol. The molecule has 3 aliphatic rings. The van der Waals surface area contributed by atoms with E-state index in [1.807, 2.05) is 42.7 Å². The highest BCUT2D eigenvalue weighted by atomic mass is 35.5. The molecule has 0 spiro atoms. The maximum Gasteiger partial charge on any atom is 0.222 e. The molecule has 10 nitrogen and oxygen atoms in total. The number of thioether (sulfide) groups is 1. The van der Waals surface area contributed by atoms with Gasteiger partial charge in [-0.2, -0.15) is 0 Å². The number of pyridine rings is 1. The van der Waals surface area contributed by atoms with Gasteiger partial charge in [-0.05, 0) is 91.0 Å². The number of hydrogen-bond donors (Lipinski definition) is 6. The minimum absolute atomic E-state index is 0.154. The van der Waals surface area contributed by atoms with Gasteiger partial charge < -0.3 is 40.5 Å². The van der Waals surface area contributed by atoms with Gasteiger partial charge in [0.15, 0.2) is 0 Å². The van der Waals surface area contributed by atoms with E-state index in [4.69, 9.17) is 21.4 Å². The lowest BCUT2D eigenvalue weighted by atomic mass is 9.94. The van der Waals surface area contributed by atoms with Crippen molar-refractivity contribution in [3.63, 3.8) is 0 Å². The highest BCUT2D eigenvalue weighted by Gasteiger charge is 2.46. The lowest BCUT2D eigenvalue weighted by molar-refractivity contribution is -0.138. The van der Waals surface area contributed by atoms with Crippen molar-refractivity contribution in [1.29, 1.82) is 0 Å². The second-order valence-corrected chi connectivity index (χ2v) is 15.4. The van der Waals surface area contributed by atoms with Gasteiger partial charge in [0.1, 0.15) is 30.2 Å². The van der Waals surface area contributed by atoms with E-state index in [0.29, 0.717) is 24.1 Å². The van der Waals surface area contributed by atoms with Crippen LogP contribution in [0.3, 0.4) is 0 Å². The number of hydrogen-bond acceptors (Lipinski definition) is 10. The third kappa shape index (κ3) is 8.77. The van der Waals surface area contributed by atoms with E-state index in [1.54, 1.807) is 11.8 Å². The smallest absolute Gasteiger partial charge is 0.222 e. The van der Waals surface area contributed by atoms with Gasteiger partial charge in [-0.25, -0.2) is 0 Å². The van der Waals surface area contributed by atoms with E-state index in [0.717, 1.165) is 77.2 Å². The molecular formula is C37H46ClN3O7S. The van der Waals surface area contributed by atoms with E-state index < -0.39 is 31.0 Å². The third-order valence-corrected chi connectivity index (χ3v) is 11.7. The van der Waals surface area contributed by atoms with Gasteiger partial charge in [0.25, 0.3) is 0 Å². The maximum atomic E-state index is 13.0. The summed E-state index contributed by atoms with van der Waals surface area (Å²) in [6, 6.07) is 16.4. The first-order valence-electron chi connectivity index (χ1n) is 17.0. The van der Waals surface area contributed by atoms with Gasteiger partial charge in [0.05, 0.1) is 12.7 Å². The number of para-hydroxylation sites is 1. The van der Waals surface area contributed by atoms with Crippen LogP contribution >= 0.6 is 23.4 Å². The minimum atomic E-state index is -1.73. The number of rotatable bonds is 18. The molecule has 3 aliphatic carbocycles. The molecule has 1 aromatic heterocycles. The normalized spacial score (nSPS) is 19.8. The van der Waals surface area contributed by atoms with Crippen molar-refractivity contribution in [2.75, 3.05) is 26.0 Å². The van der Waals surface area contributed by atoms with Gasteiger partial charge in [0, 0.05) is 65.7 Å². The van der Waals surface area contributed by atoms with E-state index in [9.17, 15) is 25.2 Å². The number of aliphatic hydroxyl groups excluding tert-OH is 5. The zero-order valence-corrected chi connectivity index (χ0v) is 29.2. The quantitative estimate of drug-likeness (QED) is 0.107. The summed E-state index contributed by atoms with van der Waals surface area (Å²) in [6.07, 6.45) is 3.92. The van der Waals surface area contributed by atoms with Crippen LogP contribution in [0.15, 0.2) is 65.8 Å². The SMILES string of the molecule is CN(C[C@H](O)[C@@H](O)[C@H](O)[C@H](O)CO)C(=O)CC1(CSc2ccc(Cl)c(CNC3(c4cnccc4-c4ccccc4OC4CC4)CC3)c2)CC1. The first kappa shape index (κ1) is 36.1. The van der Waals surface area contributed by atoms with E-state index in [1.165, 1.54) is 11.9 Å². The minimum Gasteiger partial charge on any atom is -0.490 e. The van der Waals surface area contributed by atoms with Crippen molar-refractivity contribution in [2.24, 2.45) is 5.41 Å². The summed E-state index contributed by atoms with van der Waals surface area (Å²) in [4.78, 5) is 20.0. The largest absolute Gasteiger partial charge is 0.490 e. The monoisotopic (exact) mass is 711 g/mol. The van der Waals surface area contributed by atoms with Gasteiger partial charge in [-0.3, -0.25) is 9.78 Å². The first-order valence-corrected chi connectivity index (χ1v) is 18.3. The molecule has 0 bridgehead atoms. The molecule has 0 unspecified atom stereocenters. The molecule has 1 amide bonds. The Bertz CT molecular complexity index is 1620. The summed E-state index contributed by atoms with van der Waals surface area (Å²) >= 11 is 8.40. The summed E-state index contributed by atoms with van der Waals surface area (Å²) < 4.78 is 6.26. The Hall–Kier alpha value is -2.74. The molecule has 6 rings (SSSR count). The molecule has 3 aromatic rings. The fourth-order valence-electron chi connectivity index (χ4n) is 6.17. The highest BCUT2D eigenvalue weighted by Crippen LogP contribution is 2.53. The van der Waals surface area contributed by atoms with Gasteiger partial charge in [0.2, 0.25) is 5.91 Å². The number of halogens is 1. The second-order valence-electron chi connectivity index (χ2n) is 14.0. The Morgan fingerprint density at radius 3 is 2.47 bits per heavy atom. The summed E-state index contributed by atoms with van der Waals surface area (Å²) in [7, 11) is 1.54. The number of nitrogens with zero attached hydrogens (tertiary/aromatic N) is 2. The summed E-state index contributed by atoms with van der Waals surface area (Å²) in [6.45, 7) is -0.381. The molecule has 3 saturated carbocycles. The van der Waals surface area contributed by atoms with Crippen LogP contribution in [-0.4, -0.2) is 97.8 Å². The molecule has 49 heavy (non-hydrogen) atoms. The number of aliphatic hydroxyl groups is 5. The number of carbonyl (C=O) groups excluding carboxylic acids is 1. The predicted octanol–water partition coefficient (Wildman–Crippen LogP) is 3.88. The van der Waals surface area contributed by atoms with Crippen LogP contribution in [0.2, 0.25) is 5.02 Å². The van der Waals surface area contributed by atoms with Crippen LogP contribution in [0.1, 0.15) is 56.1 Å². The molecule has 12 heteroatoms. The number of nitrogens with one attached hydrogen (secondary N) is 1. The van der Waals surface area contributed by atoms with Crippen LogP contribution in [0, 0.1) is 5.41 Å². The third-order valence-electron chi connectivity index (χ3n) is 9.96. The Morgan fingerprint density at radius 2 is 1.78 bits per heavy atom. The first-order chi connectivity index (χ1) is 23.5. The maximum absolute atomic E-state index is 13.0. The van der Waals surface area contributed by atoms with Crippen LogP contribution in [-0.2, 0) is 16.9 Å². The molecule has 264 valence electrons. The van der Waals surface area contributed by atoms with E-state index in [2.05, 4.69) is 28.5 Å². The lowest BCUT2D eigenvalue weighted by Crippen LogP contribution is -2.50. The fourth-order valence-corrected chi connectivity index (χ4v) is 7.61. The van der Waals surface area contributed by atoms with Crippen molar-refractivity contribution in [1.82, 2.24) is 15.2 Å². The molecule has 6 N–H and O–H groups in total. The van der Waals surface area contributed by atoms with E-state index >= 15 is 0 Å². The Labute approximate surface area is 296 Å². The van der Waals surface area contributed by atoms with Crippen LogP contribution in [0.25, 0.3) is 11.1 Å². The Morgan fingerprint density at radius 1 is 1.04 bits per heavy atom. The zero-order valence-electron chi connectivity index (χ0n) is 27.7. The summed E-state index contributed by atoms with van der Waals surface area (Å²) in [5, 5.41) is 53.4. The summed E-state index contributed by atoms with van der Waals surface area (Å²) in [5.41, 5.74) is 4.02. The number of aromatic nitrogens is 1. The van der Waals surface area contributed by atoms with E-state index in [-0.39, 0.29) is 23.4 Å². The molecule has 0 saturated heterocycles. The molecule has 4 atom stereocenters. The number of ether oxygens (including phenoxy) is 1. The molecule has 3 fully saturated rings. The predicted molar refractivity (Wildman–Crippen MR) is 188 cm³/mol. The standard InChI is InChI=1S/C37H46ClN3O7S/c1-41(20-30(43)34(46)35(47)31(44)21-42)33(45)17-36(11-12-36)22-49-25-8-9-29(38)23(16-25)18-40-37(13-14-37)28-19-39-15-10-26(28)27-4-2-3-5-32(27)48-24-6-7-24/h2-5,8-10,15-16,19,24,30-31,34-35,40,42-44,46-47H,6-7,11-14,17-18,20-22H2,1H3/t30-,31+,34+,35+/m0/s1. The van der Waals surface area contributed by atoms with Gasteiger partial charge >= 0.3 is 0 Å². The molecule has 0 radical (unpaired) electrons. The van der Waals surface area contributed by atoms with Crippen LogP contribution in [0.5, 0.6) is 5.75 Å². The van der Waals surface area contributed by atoms with Crippen LogP contribution < -0.4 is 10.1 Å². The number of amides is 1. The molecule has 2 aromatic carbocycles. The van der Waals surface area contributed by atoms with Crippen LogP contribution in [0.4, 0.5) is 0 Å². The molecule has 1 heterocycles. The lowest BCUT2D eigenvalue weighted by Gasteiger charge is -2.29. The zero-order chi connectivity index (χ0) is 34.8. The Balaban J connectivity index is 1.05. The number of carbonyl (C=O) groups is 1. The Kier molecular flexibility index (Phi) is 11.2. The van der Waals surface area contributed by atoms with Crippen molar-refractivity contribution in [2.45, 2.75) is 92.4 Å². The fraction of sp³-hybridized carbons (Fsp3) is 0.514. The van der Waals surface area contributed by atoms with Crippen molar-refractivity contribution in [3.05, 3.63) is 77.1 Å². The van der Waals surface area contributed by atoms with Crippen molar-refractivity contribution < 1.29 is 35.1 Å².